The molecule has 1 aromatic carbocycles. The van der Waals surface area contributed by atoms with Gasteiger partial charge in [-0.15, -0.1) is 11.3 Å². The minimum atomic E-state index is -0.679. The molecule has 0 aliphatic rings. The molecule has 0 saturated carbocycles. The van der Waals surface area contributed by atoms with Crippen molar-refractivity contribution in [3.63, 3.8) is 0 Å². The van der Waals surface area contributed by atoms with E-state index in [0.717, 1.165) is 11.1 Å². The van der Waals surface area contributed by atoms with Gasteiger partial charge in [-0.3, -0.25) is 9.59 Å². The summed E-state index contributed by atoms with van der Waals surface area (Å²) in [5, 5.41) is 7.31. The average molecular weight is 375 g/mol. The molecule has 2 rings (SSSR count). The summed E-state index contributed by atoms with van der Waals surface area (Å²) >= 11 is 1.33. The number of esters is 1. The van der Waals surface area contributed by atoms with Crippen molar-refractivity contribution in [3.05, 3.63) is 40.9 Å². The van der Waals surface area contributed by atoms with Gasteiger partial charge in [-0.2, -0.15) is 0 Å². The van der Waals surface area contributed by atoms with Gasteiger partial charge in [-0.1, -0.05) is 29.8 Å². The molecule has 2 amide bonds. The molecule has 1 aromatic heterocycles. The van der Waals surface area contributed by atoms with Crippen LogP contribution < -0.4 is 10.6 Å². The molecule has 1 heterocycles. The Labute approximate surface area is 155 Å². The van der Waals surface area contributed by atoms with Gasteiger partial charge in [0.05, 0.1) is 6.54 Å². The lowest BCUT2D eigenvalue weighted by atomic mass is 10.2. The Balaban J connectivity index is 1.82. The number of benzene rings is 1. The number of nitrogens with one attached hydrogen (secondary N) is 2. The third kappa shape index (κ3) is 5.96. The van der Waals surface area contributed by atoms with Crippen LogP contribution in [0.15, 0.2) is 29.6 Å². The van der Waals surface area contributed by atoms with Crippen molar-refractivity contribution in [1.29, 1.82) is 0 Å². The first-order valence-corrected chi connectivity index (χ1v) is 8.99. The van der Waals surface area contributed by atoms with E-state index in [0.29, 0.717) is 5.01 Å². The third-order valence-electron chi connectivity index (χ3n) is 3.24. The van der Waals surface area contributed by atoms with E-state index in [1.807, 2.05) is 45.0 Å². The first-order valence-electron chi connectivity index (χ1n) is 8.11. The number of nitrogens with zero attached hydrogens (tertiary/aromatic N) is 1. The SMILES string of the molecule is Cc1ccc(-c2nc(C(=O)OCC(=O)NCC(=O)NC(C)C)cs2)cc1. The van der Waals surface area contributed by atoms with E-state index in [2.05, 4.69) is 15.6 Å². The summed E-state index contributed by atoms with van der Waals surface area (Å²) in [6.45, 7) is 5.00. The van der Waals surface area contributed by atoms with Gasteiger partial charge in [0.1, 0.15) is 5.01 Å². The van der Waals surface area contributed by atoms with Crippen LogP contribution in [0.4, 0.5) is 0 Å². The van der Waals surface area contributed by atoms with E-state index >= 15 is 0 Å². The van der Waals surface area contributed by atoms with Crippen LogP contribution >= 0.6 is 11.3 Å². The lowest BCUT2D eigenvalue weighted by Gasteiger charge is -2.09. The zero-order valence-corrected chi connectivity index (χ0v) is 15.7. The Bertz CT molecular complexity index is 784. The maximum atomic E-state index is 12.0. The number of hydrogen-bond acceptors (Lipinski definition) is 6. The van der Waals surface area contributed by atoms with Crippen LogP contribution in [-0.2, 0) is 14.3 Å². The van der Waals surface area contributed by atoms with Crippen molar-refractivity contribution in [2.75, 3.05) is 13.2 Å². The van der Waals surface area contributed by atoms with Crippen molar-refractivity contribution in [2.24, 2.45) is 0 Å². The summed E-state index contributed by atoms with van der Waals surface area (Å²) in [5.41, 5.74) is 2.20. The highest BCUT2D eigenvalue weighted by Crippen LogP contribution is 2.24. The lowest BCUT2D eigenvalue weighted by molar-refractivity contribution is -0.128. The summed E-state index contributed by atoms with van der Waals surface area (Å²) in [7, 11) is 0. The molecule has 138 valence electrons. The van der Waals surface area contributed by atoms with Crippen LogP contribution in [0.3, 0.4) is 0 Å². The number of aromatic nitrogens is 1. The number of aryl methyl sites for hydroxylation is 1. The molecule has 0 radical (unpaired) electrons. The van der Waals surface area contributed by atoms with Gasteiger partial charge < -0.3 is 15.4 Å². The molecule has 0 saturated heterocycles. The second-order valence-corrected chi connectivity index (χ2v) is 6.84. The zero-order chi connectivity index (χ0) is 19.1. The Morgan fingerprint density at radius 1 is 1.15 bits per heavy atom. The summed E-state index contributed by atoms with van der Waals surface area (Å²) < 4.78 is 4.93. The molecule has 0 spiro atoms. The predicted octanol–water partition coefficient (Wildman–Crippen LogP) is 1.92. The summed E-state index contributed by atoms with van der Waals surface area (Å²) in [6.07, 6.45) is 0. The number of carbonyl (C=O) groups is 3. The van der Waals surface area contributed by atoms with Gasteiger partial charge in [0, 0.05) is 17.0 Å². The fourth-order valence-electron chi connectivity index (χ4n) is 2.00. The molecule has 0 unspecified atom stereocenters. The quantitative estimate of drug-likeness (QED) is 0.721. The van der Waals surface area contributed by atoms with Crippen LogP contribution in [-0.4, -0.2) is 42.0 Å². The molecule has 0 aliphatic carbocycles. The van der Waals surface area contributed by atoms with E-state index < -0.39 is 18.5 Å². The fourth-order valence-corrected chi connectivity index (χ4v) is 2.80. The van der Waals surface area contributed by atoms with Crippen molar-refractivity contribution in [3.8, 4) is 10.6 Å². The van der Waals surface area contributed by atoms with Gasteiger partial charge in [0.25, 0.3) is 5.91 Å². The Kier molecular flexibility index (Phi) is 6.85. The first-order chi connectivity index (χ1) is 12.3. The smallest absolute Gasteiger partial charge is 0.358 e. The first kappa shape index (κ1) is 19.6. The number of amides is 2. The molecular weight excluding hydrogens is 354 g/mol. The summed E-state index contributed by atoms with van der Waals surface area (Å²) in [4.78, 5) is 39.3. The van der Waals surface area contributed by atoms with Gasteiger partial charge in [0.2, 0.25) is 5.91 Å². The molecule has 7 nitrogen and oxygen atoms in total. The maximum absolute atomic E-state index is 12.0. The summed E-state index contributed by atoms with van der Waals surface area (Å²) in [6, 6.07) is 7.78. The molecule has 8 heteroatoms. The molecule has 0 aliphatic heterocycles. The van der Waals surface area contributed by atoms with Crippen LogP contribution in [0.25, 0.3) is 10.6 Å². The molecule has 0 atom stereocenters. The minimum absolute atomic E-state index is 0.00961. The normalized spacial score (nSPS) is 10.5. The van der Waals surface area contributed by atoms with Gasteiger partial charge in [-0.25, -0.2) is 9.78 Å². The predicted molar refractivity (Wildman–Crippen MR) is 98.9 cm³/mol. The Morgan fingerprint density at radius 3 is 2.50 bits per heavy atom. The van der Waals surface area contributed by atoms with E-state index in [1.54, 1.807) is 5.38 Å². The standard InChI is InChI=1S/C18H21N3O4S/c1-11(2)20-15(22)8-19-16(23)9-25-18(24)14-10-26-17(21-14)13-6-4-12(3)5-7-13/h4-7,10-11H,8-9H2,1-3H3,(H,19,23)(H,20,22). The van der Waals surface area contributed by atoms with Gasteiger partial charge in [0.15, 0.2) is 12.3 Å². The Morgan fingerprint density at radius 2 is 1.85 bits per heavy atom. The van der Waals surface area contributed by atoms with Gasteiger partial charge in [-0.05, 0) is 20.8 Å². The minimum Gasteiger partial charge on any atom is -0.451 e. The van der Waals surface area contributed by atoms with Crippen LogP contribution in [0.1, 0.15) is 29.9 Å². The van der Waals surface area contributed by atoms with Crippen LogP contribution in [0.5, 0.6) is 0 Å². The molecule has 2 aromatic rings. The fraction of sp³-hybridized carbons (Fsp3) is 0.333. The van der Waals surface area contributed by atoms with Crippen molar-refractivity contribution < 1.29 is 19.1 Å². The van der Waals surface area contributed by atoms with E-state index in [4.69, 9.17) is 4.74 Å². The highest BCUT2D eigenvalue weighted by atomic mass is 32.1. The van der Waals surface area contributed by atoms with E-state index in [9.17, 15) is 14.4 Å². The number of thiazole rings is 1. The largest absolute Gasteiger partial charge is 0.451 e. The monoisotopic (exact) mass is 375 g/mol. The second-order valence-electron chi connectivity index (χ2n) is 5.98. The average Bonchev–Trinajstić information content (AvgIpc) is 3.08. The van der Waals surface area contributed by atoms with Crippen molar-refractivity contribution >= 4 is 29.1 Å². The molecule has 0 bridgehead atoms. The van der Waals surface area contributed by atoms with E-state index in [-0.39, 0.29) is 24.2 Å². The molecule has 26 heavy (non-hydrogen) atoms. The highest BCUT2D eigenvalue weighted by molar-refractivity contribution is 7.13. The third-order valence-corrected chi connectivity index (χ3v) is 4.13. The lowest BCUT2D eigenvalue weighted by Crippen LogP contribution is -2.41. The second kappa shape index (κ2) is 9.10. The van der Waals surface area contributed by atoms with E-state index in [1.165, 1.54) is 11.3 Å². The van der Waals surface area contributed by atoms with Crippen LogP contribution in [0, 0.1) is 6.92 Å². The maximum Gasteiger partial charge on any atom is 0.358 e. The van der Waals surface area contributed by atoms with Crippen LogP contribution in [0.2, 0.25) is 0 Å². The number of rotatable bonds is 7. The highest BCUT2D eigenvalue weighted by Gasteiger charge is 2.15. The van der Waals surface area contributed by atoms with Crippen molar-refractivity contribution in [1.82, 2.24) is 15.6 Å². The topological polar surface area (TPSA) is 97.4 Å². The number of ether oxygens (including phenoxy) is 1. The molecular formula is C18H21N3O4S. The summed E-state index contributed by atoms with van der Waals surface area (Å²) in [5.74, 6) is -1.53. The zero-order valence-electron chi connectivity index (χ0n) is 14.9. The molecule has 0 fully saturated rings. The number of carbonyl (C=O) groups excluding carboxylic acids is 3. The van der Waals surface area contributed by atoms with Crippen molar-refractivity contribution in [2.45, 2.75) is 26.8 Å². The van der Waals surface area contributed by atoms with Gasteiger partial charge >= 0.3 is 5.97 Å². The Hall–Kier alpha value is -2.74. The molecule has 2 N–H and O–H groups in total. The number of hydrogen-bond donors (Lipinski definition) is 2.